The van der Waals surface area contributed by atoms with Crippen molar-refractivity contribution in [3.8, 4) is 5.75 Å². The number of fused-ring (bicyclic) bond motifs is 2. The maximum atomic E-state index is 12.6. The molecule has 0 saturated carbocycles. The molecule has 0 aromatic heterocycles. The van der Waals surface area contributed by atoms with Gasteiger partial charge in [0.15, 0.2) is 5.56 Å². The van der Waals surface area contributed by atoms with Gasteiger partial charge >= 0.3 is 5.97 Å². The lowest BCUT2D eigenvalue weighted by Crippen LogP contribution is -2.40. The monoisotopic (exact) mass is 270 g/mol. The van der Waals surface area contributed by atoms with Gasteiger partial charge in [-0.3, -0.25) is 4.79 Å². The SMILES string of the molecule is Cc1cc2ccccc2c(=O)c2c1OC(C)(C)OC2=O. The van der Waals surface area contributed by atoms with Crippen LogP contribution in [0.25, 0.3) is 10.8 Å². The second-order valence-corrected chi connectivity index (χ2v) is 5.34. The molecule has 2 aromatic carbocycles. The summed E-state index contributed by atoms with van der Waals surface area (Å²) in [6.45, 7) is 5.11. The summed E-state index contributed by atoms with van der Waals surface area (Å²) < 4.78 is 10.9. The van der Waals surface area contributed by atoms with Crippen LogP contribution >= 0.6 is 0 Å². The summed E-state index contributed by atoms with van der Waals surface area (Å²) >= 11 is 0. The molecule has 2 aromatic rings. The number of carbonyl (C=O) groups is 1. The minimum Gasteiger partial charge on any atom is -0.451 e. The molecule has 102 valence electrons. The van der Waals surface area contributed by atoms with E-state index < -0.39 is 11.8 Å². The normalized spacial score (nSPS) is 16.2. The predicted molar refractivity (Wildman–Crippen MR) is 75.1 cm³/mol. The van der Waals surface area contributed by atoms with Crippen molar-refractivity contribution in [1.82, 2.24) is 0 Å². The molecule has 0 bridgehead atoms. The van der Waals surface area contributed by atoms with Gasteiger partial charge in [0.25, 0.3) is 0 Å². The van der Waals surface area contributed by atoms with Gasteiger partial charge in [0, 0.05) is 19.2 Å². The summed E-state index contributed by atoms with van der Waals surface area (Å²) in [6, 6.07) is 9.01. The average Bonchev–Trinajstić information content (AvgIpc) is 2.45. The first-order chi connectivity index (χ1) is 9.39. The quantitative estimate of drug-likeness (QED) is 0.691. The first kappa shape index (κ1) is 12.7. The average molecular weight is 270 g/mol. The van der Waals surface area contributed by atoms with Gasteiger partial charge in [-0.1, -0.05) is 24.3 Å². The fourth-order valence-corrected chi connectivity index (χ4v) is 2.42. The van der Waals surface area contributed by atoms with E-state index in [1.54, 1.807) is 26.0 Å². The molecule has 0 radical (unpaired) electrons. The Morgan fingerprint density at radius 3 is 2.50 bits per heavy atom. The van der Waals surface area contributed by atoms with Gasteiger partial charge in [-0.05, 0) is 23.9 Å². The minimum absolute atomic E-state index is 0.0250. The third-order valence-electron chi connectivity index (χ3n) is 3.28. The molecular weight excluding hydrogens is 256 g/mol. The highest BCUT2D eigenvalue weighted by molar-refractivity contribution is 5.98. The Kier molecular flexibility index (Phi) is 2.57. The van der Waals surface area contributed by atoms with Crippen molar-refractivity contribution in [3.63, 3.8) is 0 Å². The molecule has 0 saturated heterocycles. The van der Waals surface area contributed by atoms with Crippen LogP contribution in [0, 0.1) is 6.92 Å². The first-order valence-corrected chi connectivity index (χ1v) is 6.38. The lowest BCUT2D eigenvalue weighted by Gasteiger charge is -2.31. The lowest BCUT2D eigenvalue weighted by molar-refractivity contribution is -0.127. The number of hydrogen-bond donors (Lipinski definition) is 0. The van der Waals surface area contributed by atoms with Crippen molar-refractivity contribution >= 4 is 16.7 Å². The lowest BCUT2D eigenvalue weighted by atomic mass is 10.1. The van der Waals surface area contributed by atoms with Gasteiger partial charge in [-0.2, -0.15) is 0 Å². The topological polar surface area (TPSA) is 52.6 Å². The maximum Gasteiger partial charge on any atom is 0.349 e. The Morgan fingerprint density at radius 1 is 1.05 bits per heavy atom. The molecule has 0 amide bonds. The molecule has 0 N–H and O–H groups in total. The molecule has 0 unspecified atom stereocenters. The van der Waals surface area contributed by atoms with Gasteiger partial charge in [-0.15, -0.1) is 0 Å². The molecule has 0 spiro atoms. The summed E-state index contributed by atoms with van der Waals surface area (Å²) in [5.74, 6) is -1.39. The van der Waals surface area contributed by atoms with E-state index in [1.807, 2.05) is 25.1 Å². The summed E-state index contributed by atoms with van der Waals surface area (Å²) in [6.07, 6.45) is 0. The van der Waals surface area contributed by atoms with Crippen LogP contribution in [0.3, 0.4) is 0 Å². The van der Waals surface area contributed by atoms with Crippen molar-refractivity contribution in [2.45, 2.75) is 26.6 Å². The van der Waals surface area contributed by atoms with E-state index in [2.05, 4.69) is 0 Å². The zero-order valence-electron chi connectivity index (χ0n) is 11.5. The van der Waals surface area contributed by atoms with Crippen LogP contribution in [0.4, 0.5) is 0 Å². The molecule has 4 nitrogen and oxygen atoms in total. The van der Waals surface area contributed by atoms with Crippen molar-refractivity contribution in [2.24, 2.45) is 0 Å². The highest BCUT2D eigenvalue weighted by Crippen LogP contribution is 2.32. The molecule has 1 aliphatic rings. The number of rotatable bonds is 0. The van der Waals surface area contributed by atoms with Crippen molar-refractivity contribution in [3.05, 3.63) is 51.7 Å². The third-order valence-corrected chi connectivity index (χ3v) is 3.28. The smallest absolute Gasteiger partial charge is 0.349 e. The number of aryl methyl sites for hydroxylation is 1. The summed E-state index contributed by atoms with van der Waals surface area (Å²) in [7, 11) is 0. The summed E-state index contributed by atoms with van der Waals surface area (Å²) in [5.41, 5.74) is 0.357. The highest BCUT2D eigenvalue weighted by atomic mass is 16.7. The van der Waals surface area contributed by atoms with E-state index in [0.717, 1.165) is 10.9 Å². The van der Waals surface area contributed by atoms with E-state index in [4.69, 9.17) is 9.47 Å². The van der Waals surface area contributed by atoms with Crippen LogP contribution in [0.5, 0.6) is 5.75 Å². The first-order valence-electron chi connectivity index (χ1n) is 6.38. The van der Waals surface area contributed by atoms with Crippen LogP contribution in [0.1, 0.15) is 29.8 Å². The molecule has 1 aliphatic heterocycles. The van der Waals surface area contributed by atoms with Crippen molar-refractivity contribution in [1.29, 1.82) is 0 Å². The van der Waals surface area contributed by atoms with E-state index in [0.29, 0.717) is 11.1 Å². The van der Waals surface area contributed by atoms with Crippen LogP contribution in [0.15, 0.2) is 35.1 Å². The van der Waals surface area contributed by atoms with Gasteiger partial charge in [0.05, 0.1) is 0 Å². The maximum absolute atomic E-state index is 12.6. The standard InChI is InChI=1S/C16H14O4/c1-9-8-10-6-4-5-7-11(10)13(17)12-14(9)19-16(2,3)20-15(12)18/h4-8H,1-3H3. The number of hydrogen-bond acceptors (Lipinski definition) is 4. The van der Waals surface area contributed by atoms with Crippen LogP contribution in [-0.2, 0) is 4.74 Å². The fraction of sp³-hybridized carbons (Fsp3) is 0.250. The van der Waals surface area contributed by atoms with E-state index in [-0.39, 0.29) is 11.0 Å². The van der Waals surface area contributed by atoms with Crippen LogP contribution < -0.4 is 10.2 Å². The Labute approximate surface area is 115 Å². The molecule has 4 heteroatoms. The zero-order chi connectivity index (χ0) is 14.5. The minimum atomic E-state index is -1.07. The van der Waals surface area contributed by atoms with Crippen molar-refractivity contribution < 1.29 is 14.3 Å². The molecule has 20 heavy (non-hydrogen) atoms. The van der Waals surface area contributed by atoms with Gasteiger partial charge in [0.2, 0.25) is 11.2 Å². The van der Waals surface area contributed by atoms with Crippen molar-refractivity contribution in [2.75, 3.05) is 0 Å². The third kappa shape index (κ3) is 1.84. The highest BCUT2D eigenvalue weighted by Gasteiger charge is 2.36. The Hall–Kier alpha value is -2.36. The summed E-state index contributed by atoms with van der Waals surface area (Å²) in [4.78, 5) is 24.7. The molecule has 0 atom stereocenters. The molecule has 3 rings (SSSR count). The van der Waals surface area contributed by atoms with E-state index in [1.165, 1.54) is 0 Å². The Bertz CT molecular complexity index is 790. The Morgan fingerprint density at radius 2 is 1.75 bits per heavy atom. The largest absolute Gasteiger partial charge is 0.451 e. The van der Waals surface area contributed by atoms with Crippen LogP contribution in [-0.4, -0.2) is 11.8 Å². The number of cyclic esters (lactones) is 1. The molecular formula is C16H14O4. The van der Waals surface area contributed by atoms with Crippen LogP contribution in [0.2, 0.25) is 0 Å². The second-order valence-electron chi connectivity index (χ2n) is 5.34. The Balaban J connectivity index is 2.49. The van der Waals surface area contributed by atoms with E-state index >= 15 is 0 Å². The number of benzene rings is 1. The fourth-order valence-electron chi connectivity index (χ4n) is 2.42. The second kappa shape index (κ2) is 4.07. The number of ether oxygens (including phenoxy) is 2. The molecule has 0 aliphatic carbocycles. The predicted octanol–water partition coefficient (Wildman–Crippen LogP) is 2.79. The number of carbonyl (C=O) groups excluding carboxylic acids is 1. The van der Waals surface area contributed by atoms with Gasteiger partial charge in [-0.25, -0.2) is 4.79 Å². The zero-order valence-corrected chi connectivity index (χ0v) is 11.5. The molecule has 1 heterocycles. The van der Waals surface area contributed by atoms with Gasteiger partial charge < -0.3 is 9.47 Å². The van der Waals surface area contributed by atoms with Gasteiger partial charge in [0.1, 0.15) is 5.75 Å². The molecule has 0 fully saturated rings. The number of esters is 1. The van der Waals surface area contributed by atoms with E-state index in [9.17, 15) is 9.59 Å². The summed E-state index contributed by atoms with van der Waals surface area (Å²) in [5, 5.41) is 1.26.